The standard InChI is InChI=1S/C24H15ClF6N4O4S/c25-13-5-10(1-2-14(13)26)34-24-12-6-16(17(7-15(12)32-9-33-24)39-11-3-4-38-8-11)35-40(36,37)23-21(30)19(28)18(27)20(29)22(23)31/h1-2,5-7,9,11,35H,3-4,8H2,(H,32,33,34). The van der Waals surface area contributed by atoms with Crippen molar-refractivity contribution in [1.29, 1.82) is 0 Å². The van der Waals surface area contributed by atoms with E-state index in [2.05, 4.69) is 15.3 Å². The third-order valence-corrected chi connectivity index (χ3v) is 7.46. The molecular weight excluding hydrogens is 590 g/mol. The van der Waals surface area contributed by atoms with E-state index >= 15 is 0 Å². The zero-order valence-corrected chi connectivity index (χ0v) is 21.3. The SMILES string of the molecule is O=S(=O)(Nc1cc2c(Nc3ccc(F)c(Cl)c3)ncnc2cc1OC1CCOC1)c1c(F)c(F)c(F)c(F)c1F. The van der Waals surface area contributed by atoms with Crippen LogP contribution in [0.4, 0.5) is 43.5 Å². The Hall–Kier alpha value is -3.82. The lowest BCUT2D eigenvalue weighted by Crippen LogP contribution is -2.21. The van der Waals surface area contributed by atoms with Gasteiger partial charge in [-0.1, -0.05) is 11.6 Å². The number of ether oxygens (including phenoxy) is 2. The molecule has 1 aromatic heterocycles. The van der Waals surface area contributed by atoms with Gasteiger partial charge in [0.2, 0.25) is 5.82 Å². The van der Waals surface area contributed by atoms with Crippen LogP contribution in [0.2, 0.25) is 5.02 Å². The van der Waals surface area contributed by atoms with Gasteiger partial charge >= 0.3 is 0 Å². The number of hydrogen-bond donors (Lipinski definition) is 2. The fourth-order valence-corrected chi connectivity index (χ4v) is 5.26. The minimum Gasteiger partial charge on any atom is -0.486 e. The Morgan fingerprint density at radius 3 is 2.30 bits per heavy atom. The van der Waals surface area contributed by atoms with E-state index < -0.39 is 61.6 Å². The maximum Gasteiger partial charge on any atom is 0.268 e. The summed E-state index contributed by atoms with van der Waals surface area (Å²) in [5.41, 5.74) is 0.0653. The molecule has 16 heteroatoms. The Bertz CT molecular complexity index is 1730. The van der Waals surface area contributed by atoms with E-state index in [9.17, 15) is 34.8 Å². The third-order valence-electron chi connectivity index (χ3n) is 5.78. The normalized spacial score (nSPS) is 15.4. The van der Waals surface area contributed by atoms with Crippen molar-refractivity contribution in [2.24, 2.45) is 0 Å². The first-order chi connectivity index (χ1) is 19.0. The molecule has 1 saturated heterocycles. The predicted molar refractivity (Wildman–Crippen MR) is 131 cm³/mol. The van der Waals surface area contributed by atoms with Crippen LogP contribution in [-0.2, 0) is 14.8 Å². The lowest BCUT2D eigenvalue weighted by molar-refractivity contribution is 0.142. The van der Waals surface area contributed by atoms with Crippen molar-refractivity contribution < 1.29 is 44.2 Å². The zero-order chi connectivity index (χ0) is 28.8. The number of anilines is 3. The van der Waals surface area contributed by atoms with E-state index in [0.717, 1.165) is 18.5 Å². The molecule has 0 amide bonds. The van der Waals surface area contributed by atoms with E-state index in [4.69, 9.17) is 21.1 Å². The van der Waals surface area contributed by atoms with Crippen molar-refractivity contribution >= 4 is 49.7 Å². The van der Waals surface area contributed by atoms with Gasteiger partial charge < -0.3 is 14.8 Å². The molecule has 0 saturated carbocycles. The molecule has 8 nitrogen and oxygen atoms in total. The second kappa shape index (κ2) is 10.6. The molecule has 1 atom stereocenters. The minimum atomic E-state index is -5.42. The number of aromatic nitrogens is 2. The maximum absolute atomic E-state index is 14.4. The van der Waals surface area contributed by atoms with Gasteiger partial charge in [-0.3, -0.25) is 4.72 Å². The van der Waals surface area contributed by atoms with Crippen LogP contribution < -0.4 is 14.8 Å². The largest absolute Gasteiger partial charge is 0.486 e. The fraction of sp³-hybridized carbons (Fsp3) is 0.167. The topological polar surface area (TPSA) is 102 Å². The first-order valence-electron chi connectivity index (χ1n) is 11.3. The number of nitrogens with zero attached hydrogens (tertiary/aromatic N) is 2. The van der Waals surface area contributed by atoms with Gasteiger partial charge in [-0.05, 0) is 24.3 Å². The Labute approximate surface area is 227 Å². The van der Waals surface area contributed by atoms with Crippen molar-refractivity contribution in [2.75, 3.05) is 23.3 Å². The van der Waals surface area contributed by atoms with Gasteiger partial charge in [-0.2, -0.15) is 0 Å². The second-order valence-electron chi connectivity index (χ2n) is 8.45. The van der Waals surface area contributed by atoms with Gasteiger partial charge in [0.1, 0.15) is 29.8 Å². The minimum absolute atomic E-state index is 0.0695. The summed E-state index contributed by atoms with van der Waals surface area (Å²) in [6.45, 7) is 0.490. The number of fused-ring (bicyclic) bond motifs is 1. The van der Waals surface area contributed by atoms with Gasteiger partial charge in [0.05, 0.1) is 29.4 Å². The number of benzene rings is 3. The molecule has 2 heterocycles. The lowest BCUT2D eigenvalue weighted by atomic mass is 10.2. The molecule has 5 rings (SSSR count). The molecule has 3 aromatic carbocycles. The Kier molecular flexibility index (Phi) is 7.37. The number of nitrogens with one attached hydrogen (secondary N) is 2. The Balaban J connectivity index is 1.63. The first-order valence-corrected chi connectivity index (χ1v) is 13.1. The molecule has 40 heavy (non-hydrogen) atoms. The van der Waals surface area contributed by atoms with E-state index in [0.29, 0.717) is 18.7 Å². The van der Waals surface area contributed by atoms with E-state index in [1.54, 1.807) is 0 Å². The smallest absolute Gasteiger partial charge is 0.268 e. The Morgan fingerprint density at radius 2 is 1.65 bits per heavy atom. The van der Waals surface area contributed by atoms with Crippen LogP contribution in [-0.4, -0.2) is 37.7 Å². The number of sulfonamides is 1. The molecule has 1 aliphatic heterocycles. The van der Waals surface area contributed by atoms with Crippen molar-refractivity contribution in [3.63, 3.8) is 0 Å². The predicted octanol–water partition coefficient (Wildman–Crippen LogP) is 5.83. The van der Waals surface area contributed by atoms with Crippen LogP contribution in [0.1, 0.15) is 6.42 Å². The van der Waals surface area contributed by atoms with Crippen LogP contribution in [0.5, 0.6) is 5.75 Å². The number of halogens is 7. The summed E-state index contributed by atoms with van der Waals surface area (Å²) < 4.78 is 122. The highest BCUT2D eigenvalue weighted by molar-refractivity contribution is 7.92. The van der Waals surface area contributed by atoms with Crippen molar-refractivity contribution in [2.45, 2.75) is 17.4 Å². The fourth-order valence-electron chi connectivity index (χ4n) is 3.87. The van der Waals surface area contributed by atoms with Gasteiger partial charge in [-0.25, -0.2) is 44.7 Å². The molecule has 0 aliphatic carbocycles. The maximum atomic E-state index is 14.4. The quantitative estimate of drug-likeness (QED) is 0.155. The highest BCUT2D eigenvalue weighted by atomic mass is 35.5. The summed E-state index contributed by atoms with van der Waals surface area (Å²) in [6, 6.07) is 6.12. The molecular formula is C24H15ClF6N4O4S. The molecule has 1 fully saturated rings. The molecule has 1 unspecified atom stereocenters. The average molecular weight is 605 g/mol. The van der Waals surface area contributed by atoms with Crippen LogP contribution >= 0.6 is 11.6 Å². The monoisotopic (exact) mass is 604 g/mol. The van der Waals surface area contributed by atoms with Crippen molar-refractivity contribution in [1.82, 2.24) is 9.97 Å². The third kappa shape index (κ3) is 5.19. The summed E-state index contributed by atoms with van der Waals surface area (Å²) in [6.07, 6.45) is 1.04. The Morgan fingerprint density at radius 1 is 0.950 bits per heavy atom. The summed E-state index contributed by atoms with van der Waals surface area (Å²) in [7, 11) is -5.42. The molecule has 1 aliphatic rings. The second-order valence-corrected chi connectivity index (χ2v) is 10.5. The van der Waals surface area contributed by atoms with Crippen LogP contribution in [0.15, 0.2) is 41.6 Å². The van der Waals surface area contributed by atoms with Crippen molar-refractivity contribution in [3.05, 3.63) is 76.6 Å². The average Bonchev–Trinajstić information content (AvgIpc) is 3.42. The van der Waals surface area contributed by atoms with E-state index in [1.807, 2.05) is 4.72 Å². The summed E-state index contributed by atoms with van der Waals surface area (Å²) in [5.74, 6) is -13.3. The highest BCUT2D eigenvalue weighted by Crippen LogP contribution is 2.37. The van der Waals surface area contributed by atoms with E-state index in [-0.39, 0.29) is 34.1 Å². The molecule has 4 aromatic rings. The molecule has 210 valence electrons. The first kappa shape index (κ1) is 27.7. The highest BCUT2D eigenvalue weighted by Gasteiger charge is 2.34. The van der Waals surface area contributed by atoms with Crippen LogP contribution in [0, 0.1) is 34.9 Å². The van der Waals surface area contributed by atoms with Gasteiger partial charge in [0.25, 0.3) is 10.0 Å². The van der Waals surface area contributed by atoms with Crippen LogP contribution in [0.3, 0.4) is 0 Å². The van der Waals surface area contributed by atoms with Crippen molar-refractivity contribution in [3.8, 4) is 5.75 Å². The summed E-state index contributed by atoms with van der Waals surface area (Å²) in [5, 5.41) is 2.80. The molecule has 2 N–H and O–H groups in total. The van der Waals surface area contributed by atoms with Gasteiger partial charge in [0.15, 0.2) is 28.2 Å². The van der Waals surface area contributed by atoms with Gasteiger partial charge in [0, 0.05) is 23.6 Å². The molecule has 0 spiro atoms. The lowest BCUT2D eigenvalue weighted by Gasteiger charge is -2.19. The summed E-state index contributed by atoms with van der Waals surface area (Å²) >= 11 is 5.82. The molecule has 0 bridgehead atoms. The van der Waals surface area contributed by atoms with Gasteiger partial charge in [-0.15, -0.1) is 0 Å². The molecule has 0 radical (unpaired) electrons. The number of hydrogen-bond acceptors (Lipinski definition) is 7. The zero-order valence-electron chi connectivity index (χ0n) is 19.7. The summed E-state index contributed by atoms with van der Waals surface area (Å²) in [4.78, 5) is 6.13. The van der Waals surface area contributed by atoms with Crippen LogP contribution in [0.25, 0.3) is 10.9 Å². The number of rotatable bonds is 7. The van der Waals surface area contributed by atoms with E-state index in [1.165, 1.54) is 18.2 Å².